The number of quaternary nitrogens is 1. The number of nitrogens with one attached hydrogen (secondary N) is 1. The highest BCUT2D eigenvalue weighted by atomic mass is 35.5. The summed E-state index contributed by atoms with van der Waals surface area (Å²) in [7, 11) is 0. The van der Waals surface area contributed by atoms with E-state index in [1.54, 1.807) is 0 Å². The average molecular weight is 304 g/mol. The van der Waals surface area contributed by atoms with Crippen LogP contribution in [0.2, 0.25) is 5.02 Å². The Morgan fingerprint density at radius 1 is 1.19 bits per heavy atom. The number of amides is 1. The molecule has 0 radical (unpaired) electrons. The molecule has 2 aromatic carbocycles. The van der Waals surface area contributed by atoms with E-state index in [0.717, 1.165) is 11.3 Å². The van der Waals surface area contributed by atoms with E-state index in [1.807, 2.05) is 48.6 Å². The summed E-state index contributed by atoms with van der Waals surface area (Å²) in [6.45, 7) is 4.36. The first-order valence-electron chi connectivity index (χ1n) is 7.01. The lowest BCUT2D eigenvalue weighted by molar-refractivity contribution is -0.682. The van der Waals surface area contributed by atoms with Crippen molar-refractivity contribution in [2.45, 2.75) is 19.9 Å². The number of carbonyl (C=O) groups excluding carboxylic acids is 1. The molecule has 1 atom stereocenters. The Morgan fingerprint density at radius 2 is 1.90 bits per heavy atom. The average Bonchev–Trinajstić information content (AvgIpc) is 2.50. The number of hydrogen-bond donors (Lipinski definition) is 2. The molecule has 0 aliphatic carbocycles. The molecule has 2 rings (SSSR count). The maximum absolute atomic E-state index is 12.0. The fourth-order valence-corrected chi connectivity index (χ4v) is 2.30. The number of nitrogens with two attached hydrogens (primary N) is 1. The van der Waals surface area contributed by atoms with Crippen molar-refractivity contribution < 1.29 is 10.1 Å². The molecule has 0 fully saturated rings. The second-order valence-electron chi connectivity index (χ2n) is 5.10. The molecular formula is C17H20ClN2O+. The van der Waals surface area contributed by atoms with Crippen LogP contribution in [0.3, 0.4) is 0 Å². The van der Waals surface area contributed by atoms with E-state index in [1.165, 1.54) is 5.56 Å². The van der Waals surface area contributed by atoms with Crippen LogP contribution in [-0.2, 0) is 4.79 Å². The molecule has 0 unspecified atom stereocenters. The zero-order chi connectivity index (χ0) is 15.2. The molecular weight excluding hydrogens is 284 g/mol. The van der Waals surface area contributed by atoms with E-state index in [4.69, 9.17) is 11.6 Å². The van der Waals surface area contributed by atoms with Gasteiger partial charge >= 0.3 is 0 Å². The van der Waals surface area contributed by atoms with Gasteiger partial charge in [-0.3, -0.25) is 4.79 Å². The van der Waals surface area contributed by atoms with Gasteiger partial charge in [-0.2, -0.15) is 0 Å². The lowest BCUT2D eigenvalue weighted by atomic mass is 10.1. The first-order valence-corrected chi connectivity index (χ1v) is 7.39. The number of benzene rings is 2. The SMILES string of the molecule is Cc1c(Cl)cccc1NC(=O)C[NH2+][C@@H](C)c1ccccc1. The molecule has 21 heavy (non-hydrogen) atoms. The van der Waals surface area contributed by atoms with Gasteiger partial charge in [0.1, 0.15) is 6.04 Å². The minimum Gasteiger partial charge on any atom is -0.333 e. The van der Waals surface area contributed by atoms with Crippen LogP contribution in [0.5, 0.6) is 0 Å². The van der Waals surface area contributed by atoms with Crippen LogP contribution >= 0.6 is 11.6 Å². The fraction of sp³-hybridized carbons (Fsp3) is 0.235. The third-order valence-electron chi connectivity index (χ3n) is 3.52. The Labute approximate surface area is 130 Å². The van der Waals surface area contributed by atoms with E-state index in [-0.39, 0.29) is 11.9 Å². The second kappa shape index (κ2) is 7.25. The normalized spacial score (nSPS) is 12.0. The third kappa shape index (κ3) is 4.31. The van der Waals surface area contributed by atoms with Crippen molar-refractivity contribution in [3.05, 3.63) is 64.7 Å². The number of rotatable bonds is 5. The lowest BCUT2D eigenvalue weighted by Crippen LogP contribution is -2.86. The molecule has 4 heteroatoms. The first-order chi connectivity index (χ1) is 10.1. The van der Waals surface area contributed by atoms with Crippen molar-refractivity contribution in [2.75, 3.05) is 11.9 Å². The quantitative estimate of drug-likeness (QED) is 0.876. The van der Waals surface area contributed by atoms with Gasteiger partial charge in [0.05, 0.1) is 0 Å². The van der Waals surface area contributed by atoms with Crippen molar-refractivity contribution in [2.24, 2.45) is 0 Å². The van der Waals surface area contributed by atoms with Crippen LogP contribution in [0.15, 0.2) is 48.5 Å². The van der Waals surface area contributed by atoms with E-state index in [9.17, 15) is 4.79 Å². The zero-order valence-corrected chi connectivity index (χ0v) is 13.0. The monoisotopic (exact) mass is 303 g/mol. The highest BCUT2D eigenvalue weighted by Gasteiger charge is 2.12. The topological polar surface area (TPSA) is 45.7 Å². The number of anilines is 1. The van der Waals surface area contributed by atoms with E-state index >= 15 is 0 Å². The molecule has 1 amide bonds. The van der Waals surface area contributed by atoms with Gasteiger partial charge in [0, 0.05) is 16.3 Å². The number of halogens is 1. The molecule has 0 spiro atoms. The predicted molar refractivity (Wildman–Crippen MR) is 86.5 cm³/mol. The summed E-state index contributed by atoms with van der Waals surface area (Å²) in [6.07, 6.45) is 0. The van der Waals surface area contributed by atoms with Crippen molar-refractivity contribution >= 4 is 23.2 Å². The summed E-state index contributed by atoms with van der Waals surface area (Å²) in [6, 6.07) is 15.9. The van der Waals surface area contributed by atoms with E-state index < -0.39 is 0 Å². The maximum atomic E-state index is 12.0. The van der Waals surface area contributed by atoms with Crippen LogP contribution in [0.4, 0.5) is 5.69 Å². The Balaban J connectivity index is 1.89. The van der Waals surface area contributed by atoms with Crippen molar-refractivity contribution in [3.8, 4) is 0 Å². The Hall–Kier alpha value is -1.84. The Kier molecular flexibility index (Phi) is 5.37. The smallest absolute Gasteiger partial charge is 0.279 e. The molecule has 2 aromatic rings. The summed E-state index contributed by atoms with van der Waals surface area (Å²) in [5.74, 6) is -0.0249. The molecule has 0 heterocycles. The van der Waals surface area contributed by atoms with E-state index in [2.05, 4.69) is 24.4 Å². The van der Waals surface area contributed by atoms with Gasteiger partial charge in [0.25, 0.3) is 5.91 Å². The fourth-order valence-electron chi connectivity index (χ4n) is 2.12. The molecule has 3 nitrogen and oxygen atoms in total. The minimum absolute atomic E-state index is 0.0249. The Bertz CT molecular complexity index is 613. The lowest BCUT2D eigenvalue weighted by Gasteiger charge is -2.12. The van der Waals surface area contributed by atoms with Gasteiger partial charge in [-0.25, -0.2) is 0 Å². The largest absolute Gasteiger partial charge is 0.333 e. The molecule has 0 aliphatic heterocycles. The minimum atomic E-state index is -0.0249. The second-order valence-corrected chi connectivity index (χ2v) is 5.51. The van der Waals surface area contributed by atoms with Crippen LogP contribution in [0.25, 0.3) is 0 Å². The third-order valence-corrected chi connectivity index (χ3v) is 3.93. The Morgan fingerprint density at radius 3 is 2.62 bits per heavy atom. The summed E-state index contributed by atoms with van der Waals surface area (Å²) >= 11 is 6.05. The van der Waals surface area contributed by atoms with Gasteiger partial charge in [0.15, 0.2) is 6.54 Å². The zero-order valence-electron chi connectivity index (χ0n) is 12.3. The summed E-state index contributed by atoms with van der Waals surface area (Å²) in [4.78, 5) is 12.0. The maximum Gasteiger partial charge on any atom is 0.279 e. The predicted octanol–water partition coefficient (Wildman–Crippen LogP) is 2.91. The number of carbonyl (C=O) groups is 1. The van der Waals surface area contributed by atoms with Gasteiger partial charge in [-0.15, -0.1) is 0 Å². The first kappa shape index (κ1) is 15.5. The molecule has 0 aliphatic rings. The van der Waals surface area contributed by atoms with Gasteiger partial charge in [-0.1, -0.05) is 48.0 Å². The van der Waals surface area contributed by atoms with Crippen molar-refractivity contribution in [1.29, 1.82) is 0 Å². The van der Waals surface area contributed by atoms with Crippen molar-refractivity contribution in [3.63, 3.8) is 0 Å². The highest BCUT2D eigenvalue weighted by molar-refractivity contribution is 6.31. The summed E-state index contributed by atoms with van der Waals surface area (Å²) in [5.41, 5.74) is 2.88. The summed E-state index contributed by atoms with van der Waals surface area (Å²) in [5, 5.41) is 5.58. The molecule has 3 N–H and O–H groups in total. The van der Waals surface area contributed by atoms with Crippen LogP contribution in [-0.4, -0.2) is 12.5 Å². The number of hydrogen-bond acceptors (Lipinski definition) is 1. The summed E-state index contributed by atoms with van der Waals surface area (Å²) < 4.78 is 0. The van der Waals surface area contributed by atoms with Gasteiger partial charge in [0.2, 0.25) is 0 Å². The molecule has 0 saturated heterocycles. The van der Waals surface area contributed by atoms with E-state index in [0.29, 0.717) is 11.6 Å². The van der Waals surface area contributed by atoms with Gasteiger partial charge < -0.3 is 10.6 Å². The molecule has 110 valence electrons. The van der Waals surface area contributed by atoms with Crippen LogP contribution in [0, 0.1) is 6.92 Å². The van der Waals surface area contributed by atoms with Crippen LogP contribution in [0.1, 0.15) is 24.1 Å². The standard InChI is InChI=1S/C17H19ClN2O/c1-12-15(18)9-6-10-16(12)20-17(21)11-19-13(2)14-7-4-3-5-8-14/h3-10,13,19H,11H2,1-2H3,(H,20,21)/p+1/t13-/m0/s1. The van der Waals surface area contributed by atoms with Crippen molar-refractivity contribution in [1.82, 2.24) is 0 Å². The van der Waals surface area contributed by atoms with Crippen LogP contribution < -0.4 is 10.6 Å². The molecule has 0 aromatic heterocycles. The molecule has 0 saturated carbocycles. The van der Waals surface area contributed by atoms with Gasteiger partial charge in [-0.05, 0) is 31.5 Å². The highest BCUT2D eigenvalue weighted by Crippen LogP contribution is 2.22. The molecule has 0 bridgehead atoms.